The number of rotatable bonds is 7. The molecular weight excluding hydrogens is 426 g/mol. The minimum atomic E-state index is -4.20. The normalized spacial score (nSPS) is 11.7. The number of hydrogen-bond donors (Lipinski definition) is 3. The number of benzene rings is 3. The van der Waals surface area contributed by atoms with Gasteiger partial charge < -0.3 is 0 Å². The van der Waals surface area contributed by atoms with Crippen molar-refractivity contribution in [2.24, 2.45) is 0 Å². The molecule has 0 aliphatic rings. The first-order chi connectivity index (χ1) is 14.4. The van der Waals surface area contributed by atoms with Gasteiger partial charge in [0.1, 0.15) is 5.70 Å². The lowest BCUT2D eigenvalue weighted by Gasteiger charge is -2.26. The fourth-order valence-electron chi connectivity index (χ4n) is 2.72. The zero-order chi connectivity index (χ0) is 21.6. The number of nitrogens with one attached hydrogen (secondary N) is 2. The molecule has 7 nitrogen and oxygen atoms in total. The van der Waals surface area contributed by atoms with E-state index in [2.05, 4.69) is 0 Å². The minimum absolute atomic E-state index is 0.0105. The molecule has 3 rings (SSSR count). The van der Waals surface area contributed by atoms with Crippen LogP contribution in [-0.4, -0.2) is 19.5 Å². The predicted molar refractivity (Wildman–Crippen MR) is 115 cm³/mol. The van der Waals surface area contributed by atoms with Gasteiger partial charge in [-0.25, -0.2) is 12.7 Å². The summed E-state index contributed by atoms with van der Waals surface area (Å²) in [6.07, 6.45) is 1.40. The van der Waals surface area contributed by atoms with Crippen molar-refractivity contribution in [3.8, 4) is 0 Å². The molecule has 9 heteroatoms. The molecule has 154 valence electrons. The van der Waals surface area contributed by atoms with Crippen molar-refractivity contribution in [3.05, 3.63) is 101 Å². The maximum absolute atomic E-state index is 13.5. The molecule has 3 aromatic rings. The number of sulfonamides is 1. The SMILES string of the molecule is O=C(NNO)C(=Cc1ccccc1)N(c1ccc(Cl)cc1)S(=O)(=O)c1ccccc1. The number of amides is 1. The summed E-state index contributed by atoms with van der Waals surface area (Å²) in [5.41, 5.74) is 4.11. The van der Waals surface area contributed by atoms with Gasteiger partial charge in [-0.2, -0.15) is 0 Å². The highest BCUT2D eigenvalue weighted by Crippen LogP contribution is 2.30. The van der Waals surface area contributed by atoms with Crippen molar-refractivity contribution < 1.29 is 18.4 Å². The van der Waals surface area contributed by atoms with E-state index in [0.29, 0.717) is 10.6 Å². The molecule has 3 N–H and O–H groups in total. The molecule has 3 aromatic carbocycles. The molecule has 0 unspecified atom stereocenters. The highest BCUT2D eigenvalue weighted by molar-refractivity contribution is 7.93. The molecule has 0 radical (unpaired) electrons. The van der Waals surface area contributed by atoms with Crippen LogP contribution in [0.25, 0.3) is 6.08 Å². The van der Waals surface area contributed by atoms with E-state index < -0.39 is 15.9 Å². The van der Waals surface area contributed by atoms with Crippen molar-refractivity contribution in [2.75, 3.05) is 4.31 Å². The first kappa shape index (κ1) is 21.5. The van der Waals surface area contributed by atoms with Crippen molar-refractivity contribution in [1.29, 1.82) is 0 Å². The Morgan fingerprint density at radius 1 is 0.900 bits per heavy atom. The summed E-state index contributed by atoms with van der Waals surface area (Å²) < 4.78 is 28.0. The molecule has 0 fully saturated rings. The van der Waals surface area contributed by atoms with E-state index in [4.69, 9.17) is 16.8 Å². The summed E-state index contributed by atoms with van der Waals surface area (Å²) in [7, 11) is -4.20. The maximum atomic E-state index is 13.5. The summed E-state index contributed by atoms with van der Waals surface area (Å²) in [6.45, 7) is 0. The van der Waals surface area contributed by atoms with Crippen LogP contribution >= 0.6 is 11.6 Å². The quantitative estimate of drug-likeness (QED) is 0.383. The first-order valence-corrected chi connectivity index (χ1v) is 10.6. The number of carbonyl (C=O) groups excluding carboxylic acids is 1. The van der Waals surface area contributed by atoms with E-state index in [1.807, 2.05) is 5.43 Å². The molecule has 0 saturated carbocycles. The summed E-state index contributed by atoms with van der Waals surface area (Å²) in [5, 5.41) is 9.37. The Bertz CT molecular complexity index is 1140. The predicted octanol–water partition coefficient (Wildman–Crippen LogP) is 3.59. The Morgan fingerprint density at radius 3 is 2.03 bits per heavy atom. The molecule has 0 aliphatic carbocycles. The van der Waals surface area contributed by atoms with Crippen LogP contribution in [0.1, 0.15) is 5.56 Å². The van der Waals surface area contributed by atoms with Gasteiger partial charge in [0.2, 0.25) is 0 Å². The Labute approximate surface area is 179 Å². The zero-order valence-electron chi connectivity index (χ0n) is 15.6. The van der Waals surface area contributed by atoms with E-state index >= 15 is 0 Å². The molecule has 0 spiro atoms. The smallest absolute Gasteiger partial charge is 0.284 e. The third kappa shape index (κ3) is 4.87. The van der Waals surface area contributed by atoms with Crippen LogP contribution in [0.15, 0.2) is 95.5 Å². The van der Waals surface area contributed by atoms with Gasteiger partial charge in [-0.1, -0.05) is 60.1 Å². The summed E-state index contributed by atoms with van der Waals surface area (Å²) in [5.74, 6) is -0.865. The van der Waals surface area contributed by atoms with Crippen LogP contribution < -0.4 is 15.3 Å². The summed E-state index contributed by atoms with van der Waals surface area (Å²) in [6, 6.07) is 22.5. The van der Waals surface area contributed by atoms with Crippen LogP contribution in [-0.2, 0) is 14.8 Å². The second-order valence-corrected chi connectivity index (χ2v) is 8.29. The number of hydrazine groups is 1. The number of halogens is 1. The monoisotopic (exact) mass is 443 g/mol. The average molecular weight is 444 g/mol. The topological polar surface area (TPSA) is 98.7 Å². The second kappa shape index (κ2) is 9.55. The lowest BCUT2D eigenvalue weighted by Crippen LogP contribution is -2.43. The fourth-order valence-corrected chi connectivity index (χ4v) is 4.35. The van der Waals surface area contributed by atoms with Gasteiger partial charge in [-0.3, -0.25) is 15.4 Å². The summed E-state index contributed by atoms with van der Waals surface area (Å²) in [4.78, 5) is 12.8. The minimum Gasteiger partial charge on any atom is -0.297 e. The van der Waals surface area contributed by atoms with E-state index in [0.717, 1.165) is 4.31 Å². The number of nitrogens with zero attached hydrogens (tertiary/aromatic N) is 1. The number of carbonyl (C=O) groups is 1. The maximum Gasteiger partial charge on any atom is 0.284 e. The average Bonchev–Trinajstić information content (AvgIpc) is 2.76. The highest BCUT2D eigenvalue weighted by atomic mass is 35.5. The van der Waals surface area contributed by atoms with Gasteiger partial charge in [0.25, 0.3) is 15.9 Å². The van der Waals surface area contributed by atoms with Gasteiger partial charge in [0.15, 0.2) is 0 Å². The Kier molecular flexibility index (Phi) is 6.86. The lowest BCUT2D eigenvalue weighted by atomic mass is 10.2. The van der Waals surface area contributed by atoms with E-state index in [9.17, 15) is 13.2 Å². The van der Waals surface area contributed by atoms with E-state index in [1.165, 1.54) is 42.5 Å². The summed E-state index contributed by atoms with van der Waals surface area (Å²) >= 11 is 5.96. The third-order valence-electron chi connectivity index (χ3n) is 4.07. The molecular formula is C21H18ClN3O4S. The number of hydrogen-bond acceptors (Lipinski definition) is 5. The molecule has 0 atom stereocenters. The van der Waals surface area contributed by atoms with Crippen LogP contribution in [0, 0.1) is 0 Å². The molecule has 0 bridgehead atoms. The molecule has 0 aromatic heterocycles. The van der Waals surface area contributed by atoms with Gasteiger partial charge in [0.05, 0.1) is 10.6 Å². The molecule has 0 aliphatic heterocycles. The van der Waals surface area contributed by atoms with Gasteiger partial charge in [0, 0.05) is 5.02 Å². The van der Waals surface area contributed by atoms with E-state index in [-0.39, 0.29) is 16.3 Å². The van der Waals surface area contributed by atoms with Crippen molar-refractivity contribution in [1.82, 2.24) is 11.0 Å². The first-order valence-electron chi connectivity index (χ1n) is 8.75. The fraction of sp³-hybridized carbons (Fsp3) is 0. The Balaban J connectivity index is 2.26. The van der Waals surface area contributed by atoms with Crippen LogP contribution in [0.5, 0.6) is 0 Å². The van der Waals surface area contributed by atoms with Crippen molar-refractivity contribution in [3.63, 3.8) is 0 Å². The van der Waals surface area contributed by atoms with Gasteiger partial charge in [-0.05, 0) is 48.0 Å². The molecule has 1 amide bonds. The van der Waals surface area contributed by atoms with Gasteiger partial charge >= 0.3 is 0 Å². The second-order valence-electron chi connectivity index (χ2n) is 6.07. The van der Waals surface area contributed by atoms with Crippen LogP contribution in [0.4, 0.5) is 5.69 Å². The molecule has 0 heterocycles. The van der Waals surface area contributed by atoms with Crippen molar-refractivity contribution >= 4 is 39.3 Å². The van der Waals surface area contributed by atoms with Crippen molar-refractivity contribution in [2.45, 2.75) is 4.90 Å². The largest absolute Gasteiger partial charge is 0.297 e. The van der Waals surface area contributed by atoms with Crippen LogP contribution in [0.3, 0.4) is 0 Å². The molecule has 30 heavy (non-hydrogen) atoms. The van der Waals surface area contributed by atoms with Gasteiger partial charge in [-0.15, -0.1) is 5.59 Å². The highest BCUT2D eigenvalue weighted by Gasteiger charge is 2.32. The lowest BCUT2D eigenvalue weighted by molar-refractivity contribution is -0.121. The Morgan fingerprint density at radius 2 is 1.47 bits per heavy atom. The number of anilines is 1. The standard InChI is InChI=1S/C21H18ClN3O4S/c22-17-11-13-18(14-12-17)25(30(28,29)19-9-5-2-6-10-19)20(21(26)23-24-27)15-16-7-3-1-4-8-16/h1-15,24,27H,(H,23,26). The van der Waals surface area contributed by atoms with Crippen LogP contribution in [0.2, 0.25) is 5.02 Å². The third-order valence-corrected chi connectivity index (χ3v) is 6.07. The zero-order valence-corrected chi connectivity index (χ0v) is 17.1. The molecule has 0 saturated heterocycles. The Hall–Kier alpha value is -3.17. The van der Waals surface area contributed by atoms with E-state index in [1.54, 1.807) is 54.1 Å².